The number of rotatable bonds is 2. The van der Waals surface area contributed by atoms with Gasteiger partial charge in [-0.05, 0) is 26.8 Å². The van der Waals surface area contributed by atoms with Gasteiger partial charge in [0.05, 0.1) is 10.6 Å². The average molecular weight is 257 g/mol. The molecular formula is C11H13ClN2O3. The highest BCUT2D eigenvalue weighted by atomic mass is 35.5. The molecule has 0 radical (unpaired) electrons. The molecule has 0 aromatic carbocycles. The number of amides is 1. The molecule has 0 saturated carbocycles. The minimum Gasteiger partial charge on any atom is -0.390 e. The van der Waals surface area contributed by atoms with Gasteiger partial charge in [0.15, 0.2) is 6.29 Å². The van der Waals surface area contributed by atoms with Gasteiger partial charge in [0, 0.05) is 11.7 Å². The van der Waals surface area contributed by atoms with E-state index in [-0.39, 0.29) is 16.5 Å². The molecule has 1 aromatic rings. The van der Waals surface area contributed by atoms with Gasteiger partial charge in [-0.2, -0.15) is 0 Å². The largest absolute Gasteiger partial charge is 0.414 e. The Labute approximate surface area is 104 Å². The van der Waals surface area contributed by atoms with Gasteiger partial charge in [0.2, 0.25) is 5.88 Å². The van der Waals surface area contributed by atoms with Crippen molar-refractivity contribution in [1.82, 2.24) is 10.3 Å². The average Bonchev–Trinajstić information content (AvgIpc) is 2.14. The lowest BCUT2D eigenvalue weighted by Gasteiger charge is -2.19. The number of pyridine rings is 1. The molecule has 1 N–H and O–H groups in total. The summed E-state index contributed by atoms with van der Waals surface area (Å²) in [5.74, 6) is -0.103. The molecule has 0 unspecified atom stereocenters. The molecule has 0 aliphatic heterocycles. The number of carbonyl (C=O) groups is 2. The molecule has 1 aromatic heterocycles. The molecule has 17 heavy (non-hydrogen) atoms. The summed E-state index contributed by atoms with van der Waals surface area (Å²) in [7, 11) is 0. The van der Waals surface area contributed by atoms with E-state index in [0.29, 0.717) is 6.29 Å². The van der Waals surface area contributed by atoms with Crippen LogP contribution < -0.4 is 10.1 Å². The molecule has 1 amide bonds. The molecule has 0 bridgehead atoms. The summed E-state index contributed by atoms with van der Waals surface area (Å²) >= 11 is 5.76. The van der Waals surface area contributed by atoms with E-state index in [4.69, 9.17) is 16.3 Å². The van der Waals surface area contributed by atoms with Gasteiger partial charge in [-0.15, -0.1) is 0 Å². The number of nitrogens with one attached hydrogen (secondary N) is 1. The summed E-state index contributed by atoms with van der Waals surface area (Å²) in [6.45, 7) is 5.42. The van der Waals surface area contributed by atoms with E-state index >= 15 is 0 Å². The maximum atomic E-state index is 11.5. The molecule has 6 heteroatoms. The van der Waals surface area contributed by atoms with Gasteiger partial charge in [0.1, 0.15) is 0 Å². The second-order valence-corrected chi connectivity index (χ2v) is 4.80. The van der Waals surface area contributed by atoms with Gasteiger partial charge >= 0.3 is 6.09 Å². The number of nitrogens with zero attached hydrogens (tertiary/aromatic N) is 1. The number of ether oxygens (including phenoxy) is 1. The summed E-state index contributed by atoms with van der Waals surface area (Å²) in [5, 5.41) is 2.77. The topological polar surface area (TPSA) is 68.3 Å². The molecule has 0 saturated heterocycles. The minimum atomic E-state index is -0.685. The van der Waals surface area contributed by atoms with Gasteiger partial charge < -0.3 is 10.1 Å². The van der Waals surface area contributed by atoms with E-state index in [9.17, 15) is 9.59 Å². The summed E-state index contributed by atoms with van der Waals surface area (Å²) < 4.78 is 4.92. The Bertz CT molecular complexity index is 441. The second kappa shape index (κ2) is 5.14. The highest BCUT2D eigenvalue weighted by Crippen LogP contribution is 2.21. The Kier molecular flexibility index (Phi) is 4.07. The first kappa shape index (κ1) is 13.4. The van der Waals surface area contributed by atoms with Crippen LogP contribution in [0.2, 0.25) is 5.02 Å². The predicted octanol–water partition coefficient (Wildman–Crippen LogP) is 2.43. The van der Waals surface area contributed by atoms with E-state index in [1.54, 1.807) is 20.8 Å². The third kappa shape index (κ3) is 4.03. The van der Waals surface area contributed by atoms with Gasteiger partial charge in [-0.3, -0.25) is 4.79 Å². The van der Waals surface area contributed by atoms with Gasteiger partial charge in [0.25, 0.3) is 0 Å². The summed E-state index contributed by atoms with van der Waals surface area (Å²) in [6.07, 6.45) is 1.17. The Balaban J connectivity index is 2.85. The number of aldehydes is 1. The molecule has 0 aliphatic carbocycles. The van der Waals surface area contributed by atoms with Crippen LogP contribution in [-0.2, 0) is 0 Å². The highest BCUT2D eigenvalue weighted by Gasteiger charge is 2.18. The fourth-order valence-corrected chi connectivity index (χ4v) is 1.22. The van der Waals surface area contributed by atoms with Crippen molar-refractivity contribution in [1.29, 1.82) is 0 Å². The van der Waals surface area contributed by atoms with Crippen molar-refractivity contribution in [3.63, 3.8) is 0 Å². The number of carbonyl (C=O) groups excluding carboxylic acids is 2. The first-order chi connectivity index (χ1) is 7.83. The molecule has 0 atom stereocenters. The quantitative estimate of drug-likeness (QED) is 0.825. The standard InChI is InChI=1S/C11H13ClN2O3/c1-11(2,3)14-10(16)17-9-7(6-15)8(12)4-5-13-9/h4-6H,1-3H3,(H,14,16). The Morgan fingerprint density at radius 3 is 2.71 bits per heavy atom. The fourth-order valence-electron chi connectivity index (χ4n) is 1.04. The zero-order valence-corrected chi connectivity index (χ0v) is 10.5. The minimum absolute atomic E-state index is 0.0539. The molecular weight excluding hydrogens is 244 g/mol. The smallest absolute Gasteiger partial charge is 0.390 e. The van der Waals surface area contributed by atoms with Crippen molar-refractivity contribution < 1.29 is 14.3 Å². The van der Waals surface area contributed by atoms with Crippen LogP contribution >= 0.6 is 11.6 Å². The summed E-state index contributed by atoms with van der Waals surface area (Å²) in [6, 6.07) is 1.44. The Hall–Kier alpha value is -1.62. The first-order valence-corrected chi connectivity index (χ1v) is 5.31. The van der Waals surface area contributed by atoms with E-state index in [1.807, 2.05) is 0 Å². The maximum Gasteiger partial charge on any atom is 0.414 e. The molecule has 5 nitrogen and oxygen atoms in total. The predicted molar refractivity (Wildman–Crippen MR) is 63.5 cm³/mol. The van der Waals surface area contributed by atoms with Crippen LogP contribution in [0.15, 0.2) is 12.3 Å². The van der Waals surface area contributed by atoms with Crippen LogP contribution in [0.4, 0.5) is 4.79 Å². The lowest BCUT2D eigenvalue weighted by molar-refractivity contribution is 0.112. The van der Waals surface area contributed by atoms with Gasteiger partial charge in [-0.1, -0.05) is 11.6 Å². The Morgan fingerprint density at radius 2 is 2.18 bits per heavy atom. The van der Waals surface area contributed by atoms with Crippen molar-refractivity contribution in [3.05, 3.63) is 22.8 Å². The summed E-state index contributed by atoms with van der Waals surface area (Å²) in [4.78, 5) is 26.0. The maximum absolute atomic E-state index is 11.5. The van der Waals surface area contributed by atoms with E-state index in [0.717, 1.165) is 0 Å². The number of halogens is 1. The van der Waals surface area contributed by atoms with Crippen LogP contribution in [0.5, 0.6) is 5.88 Å². The zero-order valence-electron chi connectivity index (χ0n) is 9.78. The van der Waals surface area contributed by atoms with Crippen LogP contribution in [0.3, 0.4) is 0 Å². The lowest BCUT2D eigenvalue weighted by atomic mass is 10.1. The normalized spacial score (nSPS) is 10.8. The van der Waals surface area contributed by atoms with Crippen LogP contribution in [0.25, 0.3) is 0 Å². The molecule has 0 aliphatic rings. The molecule has 92 valence electrons. The van der Waals surface area contributed by atoms with Crippen molar-refractivity contribution in [2.75, 3.05) is 0 Å². The molecule has 1 heterocycles. The third-order valence-corrected chi connectivity index (χ3v) is 2.01. The van der Waals surface area contributed by atoms with Crippen molar-refractivity contribution in [2.45, 2.75) is 26.3 Å². The molecule has 0 fully saturated rings. The van der Waals surface area contributed by atoms with E-state index < -0.39 is 11.6 Å². The highest BCUT2D eigenvalue weighted by molar-refractivity contribution is 6.33. The van der Waals surface area contributed by atoms with Crippen molar-refractivity contribution >= 4 is 24.0 Å². The van der Waals surface area contributed by atoms with Crippen molar-refractivity contribution in [2.24, 2.45) is 0 Å². The fraction of sp³-hybridized carbons (Fsp3) is 0.364. The number of hydrogen-bond donors (Lipinski definition) is 1. The van der Waals surface area contributed by atoms with Crippen LogP contribution in [0, 0.1) is 0 Å². The van der Waals surface area contributed by atoms with E-state index in [1.165, 1.54) is 12.3 Å². The first-order valence-electron chi connectivity index (χ1n) is 4.93. The van der Waals surface area contributed by atoms with Crippen molar-refractivity contribution in [3.8, 4) is 5.88 Å². The lowest BCUT2D eigenvalue weighted by Crippen LogP contribution is -2.42. The zero-order chi connectivity index (χ0) is 13.1. The third-order valence-electron chi connectivity index (χ3n) is 1.68. The molecule has 1 rings (SSSR count). The van der Waals surface area contributed by atoms with Crippen LogP contribution in [0.1, 0.15) is 31.1 Å². The molecule has 0 spiro atoms. The number of aromatic nitrogens is 1. The number of hydrogen-bond acceptors (Lipinski definition) is 4. The monoisotopic (exact) mass is 256 g/mol. The summed E-state index contributed by atoms with van der Waals surface area (Å²) in [5.41, 5.74) is -0.380. The second-order valence-electron chi connectivity index (χ2n) is 4.39. The van der Waals surface area contributed by atoms with Gasteiger partial charge in [-0.25, -0.2) is 9.78 Å². The van der Waals surface area contributed by atoms with Crippen LogP contribution in [-0.4, -0.2) is 22.9 Å². The van der Waals surface area contributed by atoms with E-state index in [2.05, 4.69) is 10.3 Å². The SMILES string of the molecule is CC(C)(C)NC(=O)Oc1nccc(Cl)c1C=O. The Morgan fingerprint density at radius 1 is 1.53 bits per heavy atom.